The molecule has 0 spiro atoms. The van der Waals surface area contributed by atoms with Gasteiger partial charge in [-0.05, 0) is 12.1 Å². The van der Waals surface area contributed by atoms with Gasteiger partial charge < -0.3 is 5.11 Å². The predicted molar refractivity (Wildman–Crippen MR) is 56.8 cm³/mol. The maximum Gasteiger partial charge on any atom is 0.336 e. The summed E-state index contributed by atoms with van der Waals surface area (Å²) in [4.78, 5) is 22.2. The fraction of sp³-hybridized carbons (Fsp3) is 0.111. The van der Waals surface area contributed by atoms with Crippen molar-refractivity contribution in [3.63, 3.8) is 0 Å². The molecule has 1 rings (SSSR count). The smallest absolute Gasteiger partial charge is 0.336 e. The van der Waals surface area contributed by atoms with Crippen molar-refractivity contribution in [3.05, 3.63) is 35.4 Å². The Balaban J connectivity index is 2.93. The molecule has 2 N–H and O–H groups in total. The van der Waals surface area contributed by atoms with Crippen LogP contribution >= 0.6 is 0 Å². The first-order chi connectivity index (χ1) is 7.81. The number of aromatic carboxylic acids is 1. The van der Waals surface area contributed by atoms with Crippen LogP contribution in [-0.4, -0.2) is 31.7 Å². The highest BCUT2D eigenvalue weighted by Crippen LogP contribution is 2.08. The minimum Gasteiger partial charge on any atom is -0.478 e. The zero-order valence-corrected chi connectivity index (χ0v) is 9.52. The number of rotatable bonds is 4. The standard InChI is InChI=1S/C9H9NO6S/c1-17(14,15)16-10-8(11)6-4-2-3-5-7(6)9(12)13/h2-5H,1H3,(H,10,11)(H,12,13). The summed E-state index contributed by atoms with van der Waals surface area (Å²) < 4.78 is 25.3. The fourth-order valence-corrected chi connectivity index (χ4v) is 1.26. The highest BCUT2D eigenvalue weighted by atomic mass is 32.2. The van der Waals surface area contributed by atoms with Crippen LogP contribution in [0.3, 0.4) is 0 Å². The number of hydrogen-bond acceptors (Lipinski definition) is 5. The summed E-state index contributed by atoms with van der Waals surface area (Å²) in [5.74, 6) is -2.25. The lowest BCUT2D eigenvalue weighted by molar-refractivity contribution is 0.0680. The number of carbonyl (C=O) groups is 2. The molecule has 8 heteroatoms. The Labute approximate surface area is 97.1 Å². The first-order valence-corrected chi connectivity index (χ1v) is 6.14. The second kappa shape index (κ2) is 4.93. The molecular weight excluding hydrogens is 250 g/mol. The third kappa shape index (κ3) is 3.85. The van der Waals surface area contributed by atoms with Crippen LogP contribution in [0.25, 0.3) is 0 Å². The van der Waals surface area contributed by atoms with Crippen molar-refractivity contribution in [1.29, 1.82) is 0 Å². The number of amides is 1. The maximum atomic E-state index is 11.5. The van der Waals surface area contributed by atoms with Gasteiger partial charge in [0.25, 0.3) is 16.0 Å². The molecule has 0 aliphatic carbocycles. The summed E-state index contributed by atoms with van der Waals surface area (Å²) in [5.41, 5.74) is 1.20. The van der Waals surface area contributed by atoms with E-state index in [1.54, 1.807) is 5.48 Å². The van der Waals surface area contributed by atoms with Crippen molar-refractivity contribution < 1.29 is 27.4 Å². The number of hydroxylamine groups is 1. The van der Waals surface area contributed by atoms with Crippen molar-refractivity contribution in [3.8, 4) is 0 Å². The molecule has 7 nitrogen and oxygen atoms in total. The number of carboxylic acids is 1. The van der Waals surface area contributed by atoms with E-state index in [9.17, 15) is 18.0 Å². The third-order valence-corrected chi connectivity index (χ3v) is 2.07. The van der Waals surface area contributed by atoms with E-state index < -0.39 is 22.0 Å². The van der Waals surface area contributed by atoms with Crippen molar-refractivity contribution in [2.75, 3.05) is 6.26 Å². The summed E-state index contributed by atoms with van der Waals surface area (Å²) in [6.07, 6.45) is 0.746. The molecule has 17 heavy (non-hydrogen) atoms. The number of carbonyl (C=O) groups excluding carboxylic acids is 1. The van der Waals surface area contributed by atoms with E-state index in [0.29, 0.717) is 0 Å². The van der Waals surface area contributed by atoms with Crippen molar-refractivity contribution in [1.82, 2.24) is 5.48 Å². The van der Waals surface area contributed by atoms with E-state index in [1.165, 1.54) is 24.3 Å². The molecular formula is C9H9NO6S. The molecule has 0 bridgehead atoms. The van der Waals surface area contributed by atoms with Crippen LogP contribution in [0, 0.1) is 0 Å². The Hall–Kier alpha value is -1.93. The van der Waals surface area contributed by atoms with Gasteiger partial charge in [0.05, 0.1) is 17.4 Å². The molecule has 0 radical (unpaired) electrons. The molecule has 92 valence electrons. The number of hydrogen-bond donors (Lipinski definition) is 2. The third-order valence-electron chi connectivity index (χ3n) is 1.69. The van der Waals surface area contributed by atoms with Crippen LogP contribution in [0.5, 0.6) is 0 Å². The summed E-state index contributed by atoms with van der Waals surface area (Å²) >= 11 is 0. The highest BCUT2D eigenvalue weighted by Gasteiger charge is 2.17. The molecule has 1 amide bonds. The molecule has 1 aromatic rings. The lowest BCUT2D eigenvalue weighted by atomic mass is 10.1. The van der Waals surface area contributed by atoms with E-state index in [0.717, 1.165) is 6.26 Å². The van der Waals surface area contributed by atoms with Gasteiger partial charge in [0.15, 0.2) is 0 Å². The predicted octanol–water partition coefficient (Wildman–Crippen LogP) is 0.00580. The molecule has 0 atom stereocenters. The second-order valence-electron chi connectivity index (χ2n) is 3.07. The quantitative estimate of drug-likeness (QED) is 0.737. The van der Waals surface area contributed by atoms with Gasteiger partial charge in [0.2, 0.25) is 0 Å². The summed E-state index contributed by atoms with van der Waals surface area (Å²) in [6.45, 7) is 0. The SMILES string of the molecule is CS(=O)(=O)ONC(=O)c1ccccc1C(=O)O. The Morgan fingerprint density at radius 2 is 1.76 bits per heavy atom. The first-order valence-electron chi connectivity index (χ1n) is 4.32. The molecule has 0 unspecified atom stereocenters. The molecule has 0 heterocycles. The van der Waals surface area contributed by atoms with Crippen molar-refractivity contribution >= 4 is 22.0 Å². The van der Waals surface area contributed by atoms with Crippen LogP contribution in [0.1, 0.15) is 20.7 Å². The van der Waals surface area contributed by atoms with Gasteiger partial charge in [-0.3, -0.25) is 4.79 Å². The van der Waals surface area contributed by atoms with Crippen LogP contribution in [0.4, 0.5) is 0 Å². The Morgan fingerprint density at radius 1 is 1.24 bits per heavy atom. The van der Waals surface area contributed by atoms with Gasteiger partial charge in [0.1, 0.15) is 0 Å². The highest BCUT2D eigenvalue weighted by molar-refractivity contribution is 7.85. The van der Waals surface area contributed by atoms with Crippen LogP contribution in [0.15, 0.2) is 24.3 Å². The average Bonchev–Trinajstić information content (AvgIpc) is 2.25. The van der Waals surface area contributed by atoms with E-state index in [2.05, 4.69) is 4.28 Å². The van der Waals surface area contributed by atoms with Crippen molar-refractivity contribution in [2.24, 2.45) is 0 Å². The molecule has 0 aliphatic heterocycles. The lowest BCUT2D eigenvalue weighted by Crippen LogP contribution is -2.28. The number of benzene rings is 1. The maximum absolute atomic E-state index is 11.5. The van der Waals surface area contributed by atoms with Gasteiger partial charge >= 0.3 is 5.97 Å². The lowest BCUT2D eigenvalue weighted by Gasteiger charge is -2.05. The van der Waals surface area contributed by atoms with Crippen molar-refractivity contribution in [2.45, 2.75) is 0 Å². The summed E-state index contributed by atoms with van der Waals surface area (Å²) in [6, 6.07) is 5.35. The largest absolute Gasteiger partial charge is 0.478 e. The Morgan fingerprint density at radius 3 is 2.24 bits per heavy atom. The minimum atomic E-state index is -3.84. The number of nitrogens with one attached hydrogen (secondary N) is 1. The molecule has 0 aromatic heterocycles. The normalized spacial score (nSPS) is 10.9. The van der Waals surface area contributed by atoms with Gasteiger partial charge in [-0.2, -0.15) is 8.42 Å². The fourth-order valence-electron chi connectivity index (χ4n) is 1.04. The molecule has 0 saturated carbocycles. The number of carboxylic acid groups (broad SMARTS) is 1. The summed E-state index contributed by atoms with van der Waals surface area (Å²) in [5, 5.41) is 8.80. The Kier molecular flexibility index (Phi) is 3.81. The topological polar surface area (TPSA) is 110 Å². The summed E-state index contributed by atoms with van der Waals surface area (Å²) in [7, 11) is -3.84. The van der Waals surface area contributed by atoms with Crippen LogP contribution in [0.2, 0.25) is 0 Å². The minimum absolute atomic E-state index is 0.191. The van der Waals surface area contributed by atoms with E-state index in [1.807, 2.05) is 0 Å². The van der Waals surface area contributed by atoms with Gasteiger partial charge in [-0.15, -0.1) is 4.28 Å². The van der Waals surface area contributed by atoms with Gasteiger partial charge in [-0.1, -0.05) is 12.1 Å². The Bertz CT molecular complexity index is 550. The van der Waals surface area contributed by atoms with Gasteiger partial charge in [-0.25, -0.2) is 10.3 Å². The van der Waals surface area contributed by atoms with E-state index in [-0.39, 0.29) is 11.1 Å². The molecule has 0 saturated heterocycles. The van der Waals surface area contributed by atoms with Crippen LogP contribution < -0.4 is 5.48 Å². The zero-order chi connectivity index (χ0) is 13.1. The zero-order valence-electron chi connectivity index (χ0n) is 8.71. The van der Waals surface area contributed by atoms with Crippen LogP contribution in [-0.2, 0) is 14.4 Å². The molecule has 1 aromatic carbocycles. The van der Waals surface area contributed by atoms with E-state index >= 15 is 0 Å². The first kappa shape index (κ1) is 13.1. The molecule has 0 aliphatic rings. The van der Waals surface area contributed by atoms with E-state index in [4.69, 9.17) is 5.11 Å². The van der Waals surface area contributed by atoms with Gasteiger partial charge in [0, 0.05) is 0 Å². The monoisotopic (exact) mass is 259 g/mol. The molecule has 0 fully saturated rings. The second-order valence-corrected chi connectivity index (χ2v) is 4.64. The average molecular weight is 259 g/mol.